The van der Waals surface area contributed by atoms with Crippen molar-refractivity contribution in [2.45, 2.75) is 26.3 Å². The van der Waals surface area contributed by atoms with Crippen molar-refractivity contribution in [3.05, 3.63) is 0 Å². The van der Waals surface area contributed by atoms with Crippen molar-refractivity contribution in [2.75, 3.05) is 0 Å². The predicted octanol–water partition coefficient (Wildman–Crippen LogP) is 0.993. The fourth-order valence-corrected chi connectivity index (χ4v) is 1.11. The second kappa shape index (κ2) is 2.41. The summed E-state index contributed by atoms with van der Waals surface area (Å²) in [5, 5.41) is 0. The molecule has 3 unspecified atom stereocenters. The summed E-state index contributed by atoms with van der Waals surface area (Å²) < 4.78 is 0. The Morgan fingerprint density at radius 1 is 1.44 bits per heavy atom. The molecule has 0 bridgehead atoms. The number of nitrogens with two attached hydrogens (primary N) is 1. The second-order valence-electron chi connectivity index (χ2n) is 2.87. The molecule has 1 rings (SSSR count). The molecule has 0 amide bonds. The summed E-state index contributed by atoms with van der Waals surface area (Å²) >= 11 is 0. The van der Waals surface area contributed by atoms with Crippen LogP contribution in [0.5, 0.6) is 0 Å². The van der Waals surface area contributed by atoms with Crippen LogP contribution in [0, 0.1) is 23.7 Å². The van der Waals surface area contributed by atoms with Crippen molar-refractivity contribution in [2.24, 2.45) is 17.6 Å². The highest BCUT2D eigenvalue weighted by molar-refractivity contribution is 5.11. The maximum atomic E-state index is 5.82. The van der Waals surface area contributed by atoms with E-state index in [1.807, 2.05) is 0 Å². The molecular weight excluding hydrogens is 110 g/mol. The average Bonchev–Trinajstić information content (AvgIpc) is 1.83. The Morgan fingerprint density at radius 2 is 2.11 bits per heavy atom. The summed E-state index contributed by atoms with van der Waals surface area (Å²) in [4.78, 5) is 0. The zero-order valence-electron chi connectivity index (χ0n) is 6.02. The monoisotopic (exact) mass is 123 g/mol. The van der Waals surface area contributed by atoms with E-state index in [4.69, 9.17) is 5.73 Å². The highest BCUT2D eigenvalue weighted by Gasteiger charge is 2.19. The third kappa shape index (κ3) is 1.25. The minimum Gasteiger partial charge on any atom is -0.326 e. The highest BCUT2D eigenvalue weighted by atomic mass is 14.7. The van der Waals surface area contributed by atoms with Gasteiger partial charge in [0.05, 0.1) is 0 Å². The molecule has 0 aromatic carbocycles. The van der Waals surface area contributed by atoms with Crippen LogP contribution in [-0.4, -0.2) is 6.04 Å². The van der Waals surface area contributed by atoms with E-state index >= 15 is 0 Å². The molecule has 0 saturated carbocycles. The van der Waals surface area contributed by atoms with Crippen molar-refractivity contribution in [3.63, 3.8) is 0 Å². The van der Waals surface area contributed by atoms with E-state index in [9.17, 15) is 0 Å². The normalized spacial score (nSPS) is 41.4. The van der Waals surface area contributed by atoms with Crippen LogP contribution in [0.2, 0.25) is 0 Å². The van der Waals surface area contributed by atoms with Crippen molar-refractivity contribution >= 4 is 0 Å². The standard InChI is InChI=1S/C8H13N/c1-6-4-3-5-7(2)8(6)9/h6-8H,4,9H2,1-2H3. The molecule has 50 valence electrons. The van der Waals surface area contributed by atoms with Crippen LogP contribution in [0.15, 0.2) is 0 Å². The van der Waals surface area contributed by atoms with Gasteiger partial charge < -0.3 is 5.73 Å². The van der Waals surface area contributed by atoms with Gasteiger partial charge in [0.1, 0.15) is 0 Å². The molecule has 2 N–H and O–H groups in total. The third-order valence-electron chi connectivity index (χ3n) is 1.99. The summed E-state index contributed by atoms with van der Waals surface area (Å²) in [7, 11) is 0. The zero-order valence-corrected chi connectivity index (χ0v) is 6.02. The Bertz CT molecular complexity index is 152. The molecule has 1 nitrogen and oxygen atoms in total. The van der Waals surface area contributed by atoms with Crippen molar-refractivity contribution < 1.29 is 0 Å². The molecule has 0 saturated heterocycles. The molecule has 0 fully saturated rings. The minimum atomic E-state index is 0.297. The fraction of sp³-hybridized carbons (Fsp3) is 0.750. The lowest BCUT2D eigenvalue weighted by Gasteiger charge is -2.23. The van der Waals surface area contributed by atoms with E-state index in [2.05, 4.69) is 25.7 Å². The Morgan fingerprint density at radius 3 is 2.56 bits per heavy atom. The summed E-state index contributed by atoms with van der Waals surface area (Å²) in [6.45, 7) is 4.25. The topological polar surface area (TPSA) is 26.0 Å². The maximum Gasteiger partial charge on any atom is 0.0328 e. The van der Waals surface area contributed by atoms with Gasteiger partial charge in [-0.2, -0.15) is 0 Å². The van der Waals surface area contributed by atoms with Gasteiger partial charge in [-0.25, -0.2) is 0 Å². The van der Waals surface area contributed by atoms with Crippen LogP contribution in [0.3, 0.4) is 0 Å². The molecule has 0 aromatic rings. The van der Waals surface area contributed by atoms with Gasteiger partial charge in [0.25, 0.3) is 0 Å². The van der Waals surface area contributed by atoms with E-state index < -0.39 is 0 Å². The van der Waals surface area contributed by atoms with Gasteiger partial charge >= 0.3 is 0 Å². The fourth-order valence-electron chi connectivity index (χ4n) is 1.11. The zero-order chi connectivity index (χ0) is 6.85. The summed E-state index contributed by atoms with van der Waals surface area (Å²) in [6, 6.07) is 0.297. The van der Waals surface area contributed by atoms with Crippen LogP contribution in [0.4, 0.5) is 0 Å². The molecule has 0 spiro atoms. The van der Waals surface area contributed by atoms with Crippen molar-refractivity contribution in [1.82, 2.24) is 0 Å². The molecule has 1 aliphatic rings. The third-order valence-corrected chi connectivity index (χ3v) is 1.99. The smallest absolute Gasteiger partial charge is 0.0328 e. The Hall–Kier alpha value is -0.480. The molecular formula is C8H13N. The Kier molecular flexibility index (Phi) is 1.78. The predicted molar refractivity (Wildman–Crippen MR) is 38.7 cm³/mol. The number of hydrogen-bond donors (Lipinski definition) is 1. The highest BCUT2D eigenvalue weighted by Crippen LogP contribution is 2.16. The van der Waals surface area contributed by atoms with E-state index in [1.54, 1.807) is 0 Å². The quantitative estimate of drug-likeness (QED) is 0.478. The van der Waals surface area contributed by atoms with Gasteiger partial charge in [0, 0.05) is 18.4 Å². The van der Waals surface area contributed by atoms with Crippen LogP contribution >= 0.6 is 0 Å². The first-order valence-electron chi connectivity index (χ1n) is 3.46. The van der Waals surface area contributed by atoms with E-state index in [-0.39, 0.29) is 0 Å². The van der Waals surface area contributed by atoms with Gasteiger partial charge in [-0.05, 0) is 12.8 Å². The SMILES string of the molecule is CC1C#CCC(C)C1N. The minimum absolute atomic E-state index is 0.297. The van der Waals surface area contributed by atoms with E-state index in [0.29, 0.717) is 17.9 Å². The van der Waals surface area contributed by atoms with E-state index in [1.165, 1.54) is 0 Å². The Labute approximate surface area is 56.6 Å². The largest absolute Gasteiger partial charge is 0.326 e. The van der Waals surface area contributed by atoms with Gasteiger partial charge in [-0.15, -0.1) is 5.92 Å². The summed E-state index contributed by atoms with van der Waals surface area (Å²) in [6.07, 6.45) is 0.978. The maximum absolute atomic E-state index is 5.82. The van der Waals surface area contributed by atoms with Gasteiger partial charge in [-0.3, -0.25) is 0 Å². The average molecular weight is 123 g/mol. The number of rotatable bonds is 0. The second-order valence-corrected chi connectivity index (χ2v) is 2.87. The molecule has 0 heterocycles. The van der Waals surface area contributed by atoms with E-state index in [0.717, 1.165) is 6.42 Å². The molecule has 0 radical (unpaired) electrons. The summed E-state index contributed by atoms with van der Waals surface area (Å²) in [5.74, 6) is 7.15. The lowest BCUT2D eigenvalue weighted by molar-refractivity contribution is 0.391. The first-order chi connectivity index (χ1) is 4.22. The van der Waals surface area contributed by atoms with Crippen LogP contribution < -0.4 is 5.73 Å². The number of hydrogen-bond acceptors (Lipinski definition) is 1. The van der Waals surface area contributed by atoms with Crippen molar-refractivity contribution in [1.29, 1.82) is 0 Å². The molecule has 9 heavy (non-hydrogen) atoms. The van der Waals surface area contributed by atoms with Crippen LogP contribution in [0.25, 0.3) is 0 Å². The molecule has 0 aromatic heterocycles. The van der Waals surface area contributed by atoms with Crippen LogP contribution in [-0.2, 0) is 0 Å². The van der Waals surface area contributed by atoms with Crippen LogP contribution in [0.1, 0.15) is 20.3 Å². The van der Waals surface area contributed by atoms with Gasteiger partial charge in [0.15, 0.2) is 0 Å². The first-order valence-corrected chi connectivity index (χ1v) is 3.46. The van der Waals surface area contributed by atoms with Gasteiger partial charge in [-0.1, -0.05) is 12.8 Å². The molecule has 1 heteroatoms. The summed E-state index contributed by atoms with van der Waals surface area (Å²) in [5.41, 5.74) is 5.82. The lowest BCUT2D eigenvalue weighted by Crippen LogP contribution is -2.35. The molecule has 3 atom stereocenters. The van der Waals surface area contributed by atoms with Crippen molar-refractivity contribution in [3.8, 4) is 11.8 Å². The Balaban J connectivity index is 2.64. The molecule has 1 aliphatic carbocycles. The first kappa shape index (κ1) is 6.64. The lowest BCUT2D eigenvalue weighted by atomic mass is 9.86. The molecule has 0 aliphatic heterocycles. The van der Waals surface area contributed by atoms with Gasteiger partial charge in [0.2, 0.25) is 0 Å².